The number of hydrogen-bond donors (Lipinski definition) is 3. The highest BCUT2D eigenvalue weighted by atomic mass is 79.9. The van der Waals surface area contributed by atoms with Crippen LogP contribution in [0.3, 0.4) is 0 Å². The molecular weight excluding hydrogens is 298 g/mol. The zero-order valence-corrected chi connectivity index (χ0v) is 11.9. The molecule has 6 heteroatoms. The molecule has 0 aromatic heterocycles. The fourth-order valence-electron chi connectivity index (χ4n) is 1.29. The molecule has 1 aromatic rings. The van der Waals surface area contributed by atoms with Crippen LogP contribution < -0.4 is 16.4 Å². The van der Waals surface area contributed by atoms with E-state index in [4.69, 9.17) is 5.73 Å². The van der Waals surface area contributed by atoms with Gasteiger partial charge in [-0.2, -0.15) is 0 Å². The van der Waals surface area contributed by atoms with Crippen LogP contribution in [0.5, 0.6) is 0 Å². The zero-order valence-electron chi connectivity index (χ0n) is 10.3. The van der Waals surface area contributed by atoms with E-state index in [0.29, 0.717) is 0 Å². The van der Waals surface area contributed by atoms with Gasteiger partial charge in [0, 0.05) is 10.2 Å². The van der Waals surface area contributed by atoms with Crippen LogP contribution in [-0.4, -0.2) is 24.4 Å². The summed E-state index contributed by atoms with van der Waals surface area (Å²) < 4.78 is 0.947. The van der Waals surface area contributed by atoms with Crippen LogP contribution in [0.4, 0.5) is 5.69 Å². The molecule has 1 aromatic carbocycles. The van der Waals surface area contributed by atoms with E-state index < -0.39 is 6.04 Å². The quantitative estimate of drug-likeness (QED) is 0.780. The second-order valence-electron chi connectivity index (χ2n) is 4.01. The van der Waals surface area contributed by atoms with Gasteiger partial charge < -0.3 is 16.4 Å². The van der Waals surface area contributed by atoms with E-state index >= 15 is 0 Å². The summed E-state index contributed by atoms with van der Waals surface area (Å²) in [4.78, 5) is 22.8. The Hall–Kier alpha value is -1.40. The van der Waals surface area contributed by atoms with Crippen molar-refractivity contribution < 1.29 is 9.59 Å². The molecular formula is C12H16BrN3O2. The lowest BCUT2D eigenvalue weighted by atomic mass is 10.2. The Kier molecular flexibility index (Phi) is 5.30. The lowest BCUT2D eigenvalue weighted by Gasteiger charge is -2.10. The second-order valence-corrected chi connectivity index (χ2v) is 4.93. The van der Waals surface area contributed by atoms with Gasteiger partial charge in [-0.3, -0.25) is 9.59 Å². The summed E-state index contributed by atoms with van der Waals surface area (Å²) in [6.45, 7) is 3.36. The van der Waals surface area contributed by atoms with Crippen molar-refractivity contribution in [2.45, 2.75) is 19.9 Å². The largest absolute Gasteiger partial charge is 0.346 e. The third-order valence-corrected chi connectivity index (χ3v) is 2.79. The zero-order chi connectivity index (χ0) is 13.7. The Balaban J connectivity index is 2.52. The molecule has 98 valence electrons. The number of aryl methyl sites for hydroxylation is 1. The van der Waals surface area contributed by atoms with Crippen molar-refractivity contribution in [3.8, 4) is 0 Å². The summed E-state index contributed by atoms with van der Waals surface area (Å²) in [5.74, 6) is -0.632. The smallest absolute Gasteiger partial charge is 0.243 e. The lowest BCUT2D eigenvalue weighted by molar-refractivity contribution is -0.124. The Morgan fingerprint density at radius 2 is 2.11 bits per heavy atom. The van der Waals surface area contributed by atoms with Gasteiger partial charge in [-0.15, -0.1) is 0 Å². The maximum absolute atomic E-state index is 11.6. The van der Waals surface area contributed by atoms with Gasteiger partial charge in [-0.05, 0) is 37.6 Å². The lowest BCUT2D eigenvalue weighted by Crippen LogP contribution is -2.41. The number of anilines is 1. The first-order valence-electron chi connectivity index (χ1n) is 5.49. The number of nitrogens with one attached hydrogen (secondary N) is 2. The highest BCUT2D eigenvalue weighted by Crippen LogP contribution is 2.19. The van der Waals surface area contributed by atoms with E-state index in [1.165, 1.54) is 0 Å². The molecule has 0 radical (unpaired) electrons. The first-order valence-corrected chi connectivity index (χ1v) is 6.28. The maximum atomic E-state index is 11.6. The molecule has 0 spiro atoms. The van der Waals surface area contributed by atoms with Crippen molar-refractivity contribution in [1.29, 1.82) is 0 Å². The molecule has 0 aliphatic heterocycles. The standard InChI is InChI=1S/C12H16BrN3O2/c1-7-5-9(13)3-4-10(7)16-11(17)6-15-12(18)8(2)14/h3-5,8H,6,14H2,1-2H3,(H,15,18)(H,16,17). The molecule has 0 fully saturated rings. The van der Waals surface area contributed by atoms with Crippen molar-refractivity contribution in [2.75, 3.05) is 11.9 Å². The predicted molar refractivity (Wildman–Crippen MR) is 74.2 cm³/mol. The molecule has 4 N–H and O–H groups in total. The molecule has 18 heavy (non-hydrogen) atoms. The van der Waals surface area contributed by atoms with Gasteiger partial charge in [0.2, 0.25) is 11.8 Å². The minimum Gasteiger partial charge on any atom is -0.346 e. The highest BCUT2D eigenvalue weighted by molar-refractivity contribution is 9.10. The Bertz CT molecular complexity index is 461. The first kappa shape index (κ1) is 14.7. The van der Waals surface area contributed by atoms with Gasteiger partial charge in [0.25, 0.3) is 0 Å². The molecule has 0 bridgehead atoms. The van der Waals surface area contributed by atoms with Crippen molar-refractivity contribution in [3.63, 3.8) is 0 Å². The molecule has 0 heterocycles. The summed E-state index contributed by atoms with van der Waals surface area (Å²) in [6.07, 6.45) is 0. The second kappa shape index (κ2) is 6.51. The van der Waals surface area contributed by atoms with E-state index in [9.17, 15) is 9.59 Å². The number of hydrogen-bond acceptors (Lipinski definition) is 3. The SMILES string of the molecule is Cc1cc(Br)ccc1NC(=O)CNC(=O)C(C)N. The van der Waals surface area contributed by atoms with E-state index in [1.807, 2.05) is 19.1 Å². The Morgan fingerprint density at radius 3 is 2.67 bits per heavy atom. The average Bonchev–Trinajstić information content (AvgIpc) is 2.29. The molecule has 1 atom stereocenters. The van der Waals surface area contributed by atoms with Crippen LogP contribution in [0.1, 0.15) is 12.5 Å². The minimum absolute atomic E-state index is 0.0874. The van der Waals surface area contributed by atoms with Crippen LogP contribution in [-0.2, 0) is 9.59 Å². The monoisotopic (exact) mass is 313 g/mol. The van der Waals surface area contributed by atoms with Gasteiger partial charge in [-0.25, -0.2) is 0 Å². The average molecular weight is 314 g/mol. The van der Waals surface area contributed by atoms with Crippen molar-refractivity contribution in [3.05, 3.63) is 28.2 Å². The van der Waals surface area contributed by atoms with Crippen LogP contribution >= 0.6 is 15.9 Å². The third-order valence-electron chi connectivity index (χ3n) is 2.30. The summed E-state index contributed by atoms with van der Waals surface area (Å²) in [7, 11) is 0. The molecule has 0 aliphatic carbocycles. The molecule has 5 nitrogen and oxygen atoms in total. The number of amides is 2. The van der Waals surface area contributed by atoms with Crippen LogP contribution in [0.25, 0.3) is 0 Å². The molecule has 0 saturated carbocycles. The topological polar surface area (TPSA) is 84.2 Å². The van der Waals surface area contributed by atoms with Gasteiger partial charge in [-0.1, -0.05) is 15.9 Å². The molecule has 2 amide bonds. The molecule has 1 unspecified atom stereocenters. The number of carbonyl (C=O) groups is 2. The van der Waals surface area contributed by atoms with E-state index in [1.54, 1.807) is 13.0 Å². The summed E-state index contributed by atoms with van der Waals surface area (Å²) in [5, 5.41) is 5.16. The van der Waals surface area contributed by atoms with E-state index in [2.05, 4.69) is 26.6 Å². The molecule has 1 rings (SSSR count). The number of halogens is 1. The fraction of sp³-hybridized carbons (Fsp3) is 0.333. The van der Waals surface area contributed by atoms with E-state index in [-0.39, 0.29) is 18.4 Å². The highest BCUT2D eigenvalue weighted by Gasteiger charge is 2.10. The summed E-state index contributed by atoms with van der Waals surface area (Å²) in [6, 6.07) is 4.91. The molecule has 0 aliphatic rings. The van der Waals surface area contributed by atoms with Crippen LogP contribution in [0, 0.1) is 6.92 Å². The number of nitrogens with two attached hydrogens (primary N) is 1. The molecule has 0 saturated heterocycles. The Labute approximate surface area is 114 Å². The van der Waals surface area contributed by atoms with Gasteiger partial charge in [0.1, 0.15) is 0 Å². The Morgan fingerprint density at radius 1 is 1.44 bits per heavy atom. The van der Waals surface area contributed by atoms with Gasteiger partial charge in [0.05, 0.1) is 12.6 Å². The number of carbonyl (C=O) groups excluding carboxylic acids is 2. The van der Waals surface area contributed by atoms with Crippen LogP contribution in [0.2, 0.25) is 0 Å². The first-order chi connectivity index (χ1) is 8.40. The fourth-order valence-corrected chi connectivity index (χ4v) is 1.77. The van der Waals surface area contributed by atoms with E-state index in [0.717, 1.165) is 15.7 Å². The minimum atomic E-state index is -0.618. The summed E-state index contributed by atoms with van der Waals surface area (Å²) in [5.41, 5.74) is 7.03. The van der Waals surface area contributed by atoms with Gasteiger partial charge >= 0.3 is 0 Å². The third kappa shape index (κ3) is 4.46. The van der Waals surface area contributed by atoms with Crippen molar-refractivity contribution in [1.82, 2.24) is 5.32 Å². The van der Waals surface area contributed by atoms with Gasteiger partial charge in [0.15, 0.2) is 0 Å². The maximum Gasteiger partial charge on any atom is 0.243 e. The van der Waals surface area contributed by atoms with Crippen LogP contribution in [0.15, 0.2) is 22.7 Å². The summed E-state index contributed by atoms with van der Waals surface area (Å²) >= 11 is 3.34. The van der Waals surface area contributed by atoms with Crippen molar-refractivity contribution >= 4 is 33.4 Å². The number of rotatable bonds is 4. The number of benzene rings is 1. The van der Waals surface area contributed by atoms with Crippen molar-refractivity contribution in [2.24, 2.45) is 5.73 Å². The normalized spacial score (nSPS) is 11.8. The predicted octanol–water partition coefficient (Wildman–Crippen LogP) is 1.16.